The minimum absolute atomic E-state index is 0.0600. The highest BCUT2D eigenvalue weighted by atomic mass is 32.2. The number of pyridine rings is 1. The van der Waals surface area contributed by atoms with Gasteiger partial charge in [0.05, 0.1) is 16.4 Å². The molecule has 1 unspecified atom stereocenters. The molecule has 1 fully saturated rings. The first-order chi connectivity index (χ1) is 9.96. The van der Waals surface area contributed by atoms with E-state index in [-0.39, 0.29) is 23.2 Å². The number of nitrogens with zero attached hydrogens (tertiary/aromatic N) is 2. The third-order valence-electron chi connectivity index (χ3n) is 3.54. The van der Waals surface area contributed by atoms with Crippen molar-refractivity contribution in [3.8, 4) is 0 Å². The van der Waals surface area contributed by atoms with Crippen LogP contribution in [0.2, 0.25) is 0 Å². The Kier molecular flexibility index (Phi) is 3.25. The number of hydrogen-bond donors (Lipinski definition) is 1. The molecular weight excluding hydrogens is 294 g/mol. The standard InChI is InChI=1S/C13H13N3O4S/c17-16(18)12-4-3-11(10-2-1-6-14-13(10)12)15-9-5-7-21(19,20)8-9/h1-4,6,9,15H,5,7-8H2. The van der Waals surface area contributed by atoms with Crippen LogP contribution in [0.25, 0.3) is 10.9 Å². The number of nitrogens with one attached hydrogen (secondary N) is 1. The van der Waals surface area contributed by atoms with E-state index in [4.69, 9.17) is 0 Å². The summed E-state index contributed by atoms with van der Waals surface area (Å²) in [7, 11) is -2.98. The van der Waals surface area contributed by atoms with Crippen molar-refractivity contribution >= 4 is 32.1 Å². The summed E-state index contributed by atoms with van der Waals surface area (Å²) in [6.45, 7) is 0. The molecule has 0 bridgehead atoms. The Hall–Kier alpha value is -2.22. The van der Waals surface area contributed by atoms with Crippen LogP contribution < -0.4 is 5.32 Å². The highest BCUT2D eigenvalue weighted by molar-refractivity contribution is 7.91. The lowest BCUT2D eigenvalue weighted by Gasteiger charge is -2.14. The molecule has 1 N–H and O–H groups in total. The minimum Gasteiger partial charge on any atom is -0.381 e. The highest BCUT2D eigenvalue weighted by Gasteiger charge is 2.28. The van der Waals surface area contributed by atoms with Gasteiger partial charge < -0.3 is 5.32 Å². The van der Waals surface area contributed by atoms with Crippen molar-refractivity contribution < 1.29 is 13.3 Å². The molecule has 0 aliphatic carbocycles. The molecular formula is C13H13N3O4S. The number of non-ortho nitro benzene ring substituents is 1. The summed E-state index contributed by atoms with van der Waals surface area (Å²) in [5, 5.41) is 14.8. The van der Waals surface area contributed by atoms with Gasteiger partial charge in [0.15, 0.2) is 9.84 Å². The quantitative estimate of drug-likeness (QED) is 0.684. The van der Waals surface area contributed by atoms with Crippen molar-refractivity contribution in [1.82, 2.24) is 4.98 Å². The van der Waals surface area contributed by atoms with E-state index >= 15 is 0 Å². The summed E-state index contributed by atoms with van der Waals surface area (Å²) in [6.07, 6.45) is 2.04. The van der Waals surface area contributed by atoms with Crippen molar-refractivity contribution in [3.05, 3.63) is 40.6 Å². The normalized spacial score (nSPS) is 20.5. The van der Waals surface area contributed by atoms with Crippen LogP contribution in [-0.4, -0.2) is 35.9 Å². The Balaban J connectivity index is 2.01. The number of sulfone groups is 1. The summed E-state index contributed by atoms with van der Waals surface area (Å²) in [4.78, 5) is 14.6. The van der Waals surface area contributed by atoms with E-state index in [1.54, 1.807) is 18.2 Å². The number of aromatic nitrogens is 1. The molecule has 3 rings (SSSR count). The van der Waals surface area contributed by atoms with Crippen LogP contribution in [0.5, 0.6) is 0 Å². The summed E-state index contributed by atoms with van der Waals surface area (Å²) in [6, 6.07) is 6.26. The molecule has 2 heterocycles. The van der Waals surface area contributed by atoms with E-state index in [9.17, 15) is 18.5 Å². The van der Waals surface area contributed by atoms with Gasteiger partial charge in [0.2, 0.25) is 0 Å². The van der Waals surface area contributed by atoms with Crippen LogP contribution in [-0.2, 0) is 9.84 Å². The summed E-state index contributed by atoms with van der Waals surface area (Å²) < 4.78 is 23.0. The fraction of sp³-hybridized carbons (Fsp3) is 0.308. The Morgan fingerprint density at radius 1 is 1.33 bits per heavy atom. The molecule has 1 saturated heterocycles. The Morgan fingerprint density at radius 3 is 2.81 bits per heavy atom. The van der Waals surface area contributed by atoms with Crippen molar-refractivity contribution in [3.63, 3.8) is 0 Å². The number of benzene rings is 1. The smallest absolute Gasteiger partial charge is 0.295 e. The van der Waals surface area contributed by atoms with Crippen molar-refractivity contribution in [2.24, 2.45) is 0 Å². The molecule has 110 valence electrons. The highest BCUT2D eigenvalue weighted by Crippen LogP contribution is 2.31. The second kappa shape index (κ2) is 4.96. The zero-order chi connectivity index (χ0) is 15.0. The first kappa shape index (κ1) is 13.7. The van der Waals surface area contributed by atoms with Gasteiger partial charge in [-0.15, -0.1) is 0 Å². The molecule has 0 spiro atoms. The fourth-order valence-corrected chi connectivity index (χ4v) is 4.23. The van der Waals surface area contributed by atoms with E-state index in [0.717, 1.165) is 0 Å². The maximum absolute atomic E-state index is 11.5. The zero-order valence-corrected chi connectivity index (χ0v) is 11.8. The number of fused-ring (bicyclic) bond motifs is 1. The van der Waals surface area contributed by atoms with Crippen molar-refractivity contribution in [2.75, 3.05) is 16.8 Å². The van der Waals surface area contributed by atoms with Gasteiger partial charge >= 0.3 is 0 Å². The maximum atomic E-state index is 11.5. The summed E-state index contributed by atoms with van der Waals surface area (Å²) >= 11 is 0. The van der Waals surface area contributed by atoms with Crippen molar-refractivity contribution in [2.45, 2.75) is 12.5 Å². The first-order valence-corrected chi connectivity index (χ1v) is 8.27. The molecule has 1 atom stereocenters. The second-order valence-electron chi connectivity index (χ2n) is 5.03. The number of nitro groups is 1. The predicted octanol–water partition coefficient (Wildman–Crippen LogP) is 1.74. The SMILES string of the molecule is O=[N+]([O-])c1ccc(NC2CCS(=O)(=O)C2)c2cccnc12. The van der Waals surface area contributed by atoms with Gasteiger partial charge in [-0.3, -0.25) is 10.1 Å². The van der Waals surface area contributed by atoms with Gasteiger partial charge in [-0.05, 0) is 24.6 Å². The lowest BCUT2D eigenvalue weighted by Crippen LogP contribution is -2.20. The van der Waals surface area contributed by atoms with Crippen molar-refractivity contribution in [1.29, 1.82) is 0 Å². The van der Waals surface area contributed by atoms with Crippen LogP contribution in [0.15, 0.2) is 30.5 Å². The molecule has 7 nitrogen and oxygen atoms in total. The average Bonchev–Trinajstić information content (AvgIpc) is 2.78. The van der Waals surface area contributed by atoms with Gasteiger partial charge in [-0.1, -0.05) is 0 Å². The summed E-state index contributed by atoms with van der Waals surface area (Å²) in [5.74, 6) is 0.263. The Morgan fingerprint density at radius 2 is 2.14 bits per heavy atom. The largest absolute Gasteiger partial charge is 0.381 e. The third-order valence-corrected chi connectivity index (χ3v) is 5.31. The van der Waals surface area contributed by atoms with Crippen LogP contribution in [0.1, 0.15) is 6.42 Å². The monoisotopic (exact) mass is 307 g/mol. The average molecular weight is 307 g/mol. The molecule has 1 aromatic carbocycles. The number of hydrogen-bond acceptors (Lipinski definition) is 6. The summed E-state index contributed by atoms with van der Waals surface area (Å²) in [5.41, 5.74) is 0.911. The first-order valence-electron chi connectivity index (χ1n) is 6.45. The predicted molar refractivity (Wildman–Crippen MR) is 79.1 cm³/mol. The van der Waals surface area contributed by atoms with E-state index in [0.29, 0.717) is 23.0 Å². The molecule has 1 aliphatic heterocycles. The molecule has 2 aromatic rings. The van der Waals surface area contributed by atoms with Crippen LogP contribution in [0.4, 0.5) is 11.4 Å². The van der Waals surface area contributed by atoms with E-state index in [2.05, 4.69) is 10.3 Å². The molecule has 8 heteroatoms. The zero-order valence-electron chi connectivity index (χ0n) is 11.0. The topological polar surface area (TPSA) is 102 Å². The molecule has 0 saturated carbocycles. The maximum Gasteiger partial charge on any atom is 0.295 e. The molecule has 1 aliphatic rings. The third kappa shape index (κ3) is 2.66. The van der Waals surface area contributed by atoms with Gasteiger partial charge in [0, 0.05) is 29.4 Å². The Bertz CT molecular complexity index is 819. The van der Waals surface area contributed by atoms with Gasteiger partial charge in [-0.2, -0.15) is 0 Å². The molecule has 1 aromatic heterocycles. The molecule has 21 heavy (non-hydrogen) atoms. The van der Waals surface area contributed by atoms with Gasteiger partial charge in [0.1, 0.15) is 5.52 Å². The lowest BCUT2D eigenvalue weighted by molar-refractivity contribution is -0.383. The Labute approximate surface area is 121 Å². The molecule has 0 radical (unpaired) electrons. The van der Waals surface area contributed by atoms with Crippen LogP contribution >= 0.6 is 0 Å². The van der Waals surface area contributed by atoms with Gasteiger partial charge in [0.25, 0.3) is 5.69 Å². The number of nitro benzene ring substituents is 1. The second-order valence-corrected chi connectivity index (χ2v) is 7.26. The molecule has 0 amide bonds. The van der Waals surface area contributed by atoms with E-state index < -0.39 is 14.8 Å². The van der Waals surface area contributed by atoms with Crippen LogP contribution in [0.3, 0.4) is 0 Å². The minimum atomic E-state index is -2.98. The fourth-order valence-electron chi connectivity index (χ4n) is 2.56. The van der Waals surface area contributed by atoms with E-state index in [1.165, 1.54) is 12.3 Å². The van der Waals surface area contributed by atoms with Crippen LogP contribution in [0, 0.1) is 10.1 Å². The number of anilines is 1. The van der Waals surface area contributed by atoms with Gasteiger partial charge in [-0.25, -0.2) is 13.4 Å². The lowest BCUT2D eigenvalue weighted by atomic mass is 10.1. The number of rotatable bonds is 3. The van der Waals surface area contributed by atoms with E-state index in [1.807, 2.05) is 0 Å².